The highest BCUT2D eigenvalue weighted by atomic mass is 35.5. The van der Waals surface area contributed by atoms with Gasteiger partial charge in [-0.2, -0.15) is 0 Å². The van der Waals surface area contributed by atoms with Crippen LogP contribution in [0.5, 0.6) is 5.75 Å². The van der Waals surface area contributed by atoms with E-state index in [0.717, 1.165) is 0 Å². The summed E-state index contributed by atoms with van der Waals surface area (Å²) in [7, 11) is 0. The first-order valence-electron chi connectivity index (χ1n) is 8.04. The van der Waals surface area contributed by atoms with Crippen molar-refractivity contribution in [2.45, 2.75) is 0 Å². The monoisotopic (exact) mass is 399 g/mol. The van der Waals surface area contributed by atoms with Crippen molar-refractivity contribution in [1.82, 2.24) is 5.16 Å². The zero-order valence-electron chi connectivity index (χ0n) is 13.8. The van der Waals surface area contributed by atoms with E-state index >= 15 is 0 Å². The first kappa shape index (κ1) is 17.6. The molecule has 3 nitrogen and oxygen atoms in total. The molecule has 0 saturated heterocycles. The molecule has 27 heavy (non-hydrogen) atoms. The Morgan fingerprint density at radius 1 is 0.815 bits per heavy atom. The van der Waals surface area contributed by atoms with E-state index in [1.165, 1.54) is 18.2 Å². The molecule has 6 heteroatoms. The quantitative estimate of drug-likeness (QED) is 0.410. The maximum absolute atomic E-state index is 14.8. The lowest BCUT2D eigenvalue weighted by Gasteiger charge is -2.08. The predicted octanol–water partition coefficient (Wildman–Crippen LogP) is 6.83. The van der Waals surface area contributed by atoms with E-state index in [0.29, 0.717) is 33.2 Å². The Morgan fingerprint density at radius 3 is 2.22 bits per heavy atom. The number of hydrogen-bond acceptors (Lipinski definition) is 3. The standard InChI is InChI=1S/C21H12Cl2FNO2/c22-16-6-2-1-4-14(16)20-18(15-5-3-7-17(23)19(15)24)21(27-25-20)12-8-10-13(26)11-9-12/h1-11,26H. The Balaban J connectivity index is 2.03. The van der Waals surface area contributed by atoms with Crippen molar-refractivity contribution < 1.29 is 14.0 Å². The van der Waals surface area contributed by atoms with E-state index in [-0.39, 0.29) is 16.3 Å². The van der Waals surface area contributed by atoms with Gasteiger partial charge in [-0.25, -0.2) is 4.39 Å². The summed E-state index contributed by atoms with van der Waals surface area (Å²) in [5.41, 5.74) is 2.34. The van der Waals surface area contributed by atoms with Crippen LogP contribution in [0.15, 0.2) is 71.3 Å². The fourth-order valence-electron chi connectivity index (χ4n) is 2.88. The number of phenols is 1. The van der Waals surface area contributed by atoms with Crippen LogP contribution in [0, 0.1) is 5.82 Å². The first-order chi connectivity index (χ1) is 13.1. The maximum atomic E-state index is 14.8. The molecule has 4 aromatic rings. The normalized spacial score (nSPS) is 10.9. The molecule has 1 heterocycles. The van der Waals surface area contributed by atoms with Gasteiger partial charge in [0.15, 0.2) is 5.76 Å². The van der Waals surface area contributed by atoms with Crippen LogP contribution in [-0.4, -0.2) is 10.3 Å². The number of aromatic hydroxyl groups is 1. The molecule has 0 saturated carbocycles. The lowest BCUT2D eigenvalue weighted by atomic mass is 9.96. The van der Waals surface area contributed by atoms with E-state index in [1.807, 2.05) is 6.07 Å². The summed E-state index contributed by atoms with van der Waals surface area (Å²) in [4.78, 5) is 0. The SMILES string of the molecule is Oc1ccc(-c2onc(-c3ccccc3Cl)c2-c2cccc(Cl)c2F)cc1. The summed E-state index contributed by atoms with van der Waals surface area (Å²) in [6, 6.07) is 18.2. The number of nitrogens with zero attached hydrogens (tertiary/aromatic N) is 1. The number of rotatable bonds is 3. The van der Waals surface area contributed by atoms with Crippen molar-refractivity contribution in [3.8, 4) is 39.5 Å². The van der Waals surface area contributed by atoms with Crippen LogP contribution < -0.4 is 0 Å². The molecule has 0 fully saturated rings. The molecule has 0 atom stereocenters. The summed E-state index contributed by atoms with van der Waals surface area (Å²) >= 11 is 12.3. The zero-order valence-corrected chi connectivity index (χ0v) is 15.3. The Kier molecular flexibility index (Phi) is 4.60. The van der Waals surface area contributed by atoms with E-state index in [9.17, 15) is 9.50 Å². The van der Waals surface area contributed by atoms with Crippen molar-refractivity contribution in [1.29, 1.82) is 0 Å². The van der Waals surface area contributed by atoms with Gasteiger partial charge in [0.25, 0.3) is 0 Å². The highest BCUT2D eigenvalue weighted by molar-refractivity contribution is 6.33. The van der Waals surface area contributed by atoms with Crippen molar-refractivity contribution >= 4 is 23.2 Å². The number of aromatic nitrogens is 1. The molecule has 0 amide bonds. The smallest absolute Gasteiger partial charge is 0.175 e. The number of hydrogen-bond donors (Lipinski definition) is 1. The fourth-order valence-corrected chi connectivity index (χ4v) is 3.28. The maximum Gasteiger partial charge on any atom is 0.175 e. The summed E-state index contributed by atoms with van der Waals surface area (Å²) in [5.74, 6) is -0.109. The lowest BCUT2D eigenvalue weighted by Crippen LogP contribution is -1.90. The third-order valence-electron chi connectivity index (χ3n) is 4.17. The molecule has 1 N–H and O–H groups in total. The number of phenolic OH excluding ortho intramolecular Hbond substituents is 1. The molecule has 0 unspecified atom stereocenters. The van der Waals surface area contributed by atoms with Gasteiger partial charge in [-0.05, 0) is 36.4 Å². The van der Waals surface area contributed by atoms with Gasteiger partial charge in [-0.3, -0.25) is 0 Å². The molecule has 0 aliphatic heterocycles. The third-order valence-corrected chi connectivity index (χ3v) is 4.79. The molecule has 0 spiro atoms. The second-order valence-corrected chi connectivity index (χ2v) is 6.68. The van der Waals surface area contributed by atoms with Gasteiger partial charge in [0, 0.05) is 16.7 Å². The topological polar surface area (TPSA) is 46.3 Å². The second kappa shape index (κ2) is 7.06. The van der Waals surface area contributed by atoms with E-state index in [4.69, 9.17) is 27.7 Å². The van der Waals surface area contributed by atoms with Gasteiger partial charge in [0.2, 0.25) is 0 Å². The van der Waals surface area contributed by atoms with E-state index in [1.54, 1.807) is 42.5 Å². The molecule has 1 aromatic heterocycles. The molecule has 3 aromatic carbocycles. The molecule has 134 valence electrons. The molecule has 0 aliphatic rings. The molecule has 4 rings (SSSR count). The minimum atomic E-state index is -0.573. The summed E-state index contributed by atoms with van der Waals surface area (Å²) in [5, 5.41) is 14.2. The molecule has 0 radical (unpaired) electrons. The fraction of sp³-hybridized carbons (Fsp3) is 0. The van der Waals surface area contributed by atoms with E-state index in [2.05, 4.69) is 5.16 Å². The van der Waals surface area contributed by atoms with Crippen molar-refractivity contribution in [3.63, 3.8) is 0 Å². The second-order valence-electron chi connectivity index (χ2n) is 5.86. The van der Waals surface area contributed by atoms with Gasteiger partial charge >= 0.3 is 0 Å². The van der Waals surface area contributed by atoms with Gasteiger partial charge in [-0.15, -0.1) is 0 Å². The van der Waals surface area contributed by atoms with Crippen LogP contribution >= 0.6 is 23.2 Å². The Morgan fingerprint density at radius 2 is 1.48 bits per heavy atom. The van der Waals surface area contributed by atoms with E-state index < -0.39 is 5.82 Å². The van der Waals surface area contributed by atoms with Gasteiger partial charge in [-0.1, -0.05) is 58.7 Å². The minimum Gasteiger partial charge on any atom is -0.508 e. The van der Waals surface area contributed by atoms with Crippen LogP contribution in [0.1, 0.15) is 0 Å². The van der Waals surface area contributed by atoms with Crippen LogP contribution in [-0.2, 0) is 0 Å². The summed E-state index contributed by atoms with van der Waals surface area (Å²) in [6.07, 6.45) is 0. The molecule has 0 bridgehead atoms. The average molecular weight is 400 g/mol. The highest BCUT2D eigenvalue weighted by Crippen LogP contribution is 2.43. The van der Waals surface area contributed by atoms with Gasteiger partial charge in [0.05, 0.1) is 15.6 Å². The lowest BCUT2D eigenvalue weighted by molar-refractivity contribution is 0.435. The van der Waals surface area contributed by atoms with Crippen LogP contribution in [0.25, 0.3) is 33.7 Å². The van der Waals surface area contributed by atoms with Crippen LogP contribution in [0.4, 0.5) is 4.39 Å². The third kappa shape index (κ3) is 3.18. The van der Waals surface area contributed by atoms with Crippen LogP contribution in [0.3, 0.4) is 0 Å². The van der Waals surface area contributed by atoms with Crippen LogP contribution in [0.2, 0.25) is 10.0 Å². The predicted molar refractivity (Wildman–Crippen MR) is 104 cm³/mol. The van der Waals surface area contributed by atoms with Crippen molar-refractivity contribution in [2.24, 2.45) is 0 Å². The molecular formula is C21H12Cl2FNO2. The van der Waals surface area contributed by atoms with Crippen molar-refractivity contribution in [2.75, 3.05) is 0 Å². The molecular weight excluding hydrogens is 388 g/mol. The van der Waals surface area contributed by atoms with Gasteiger partial charge < -0.3 is 9.63 Å². The Hall–Kier alpha value is -2.82. The summed E-state index contributed by atoms with van der Waals surface area (Å²) in [6.45, 7) is 0. The Labute approximate surface area is 164 Å². The largest absolute Gasteiger partial charge is 0.508 e. The number of halogens is 3. The Bertz CT molecular complexity index is 1120. The highest BCUT2D eigenvalue weighted by Gasteiger charge is 2.25. The number of benzene rings is 3. The minimum absolute atomic E-state index is 0.00420. The summed E-state index contributed by atoms with van der Waals surface area (Å²) < 4.78 is 20.4. The average Bonchev–Trinajstić information content (AvgIpc) is 3.09. The van der Waals surface area contributed by atoms with Gasteiger partial charge in [0.1, 0.15) is 17.3 Å². The van der Waals surface area contributed by atoms with Crippen molar-refractivity contribution in [3.05, 3.63) is 82.6 Å². The zero-order chi connectivity index (χ0) is 19.0. The first-order valence-corrected chi connectivity index (χ1v) is 8.80. The molecule has 0 aliphatic carbocycles.